The van der Waals surface area contributed by atoms with Crippen molar-refractivity contribution in [3.8, 4) is 5.75 Å². The fraction of sp³-hybridized carbons (Fsp3) is 0.609. The fourth-order valence-electron chi connectivity index (χ4n) is 4.55. The van der Waals surface area contributed by atoms with Gasteiger partial charge in [-0.15, -0.1) is 11.3 Å². The average molecular weight is 415 g/mol. The monoisotopic (exact) mass is 414 g/mol. The highest BCUT2D eigenvalue weighted by Crippen LogP contribution is 2.29. The molecule has 0 unspecified atom stereocenters. The lowest BCUT2D eigenvalue weighted by atomic mass is 10.0. The average Bonchev–Trinajstić information content (AvgIpc) is 3.23. The van der Waals surface area contributed by atoms with Crippen LogP contribution in [0.2, 0.25) is 0 Å². The van der Waals surface area contributed by atoms with Gasteiger partial charge in [-0.3, -0.25) is 9.80 Å². The van der Waals surface area contributed by atoms with Gasteiger partial charge >= 0.3 is 0 Å². The molecule has 2 aliphatic rings. The summed E-state index contributed by atoms with van der Waals surface area (Å²) in [6, 6.07) is 9.06. The smallest absolute Gasteiger partial charge is 0.142 e. The van der Waals surface area contributed by atoms with Crippen LogP contribution in [0.1, 0.15) is 43.3 Å². The number of likely N-dealkylation sites (tertiary alicyclic amines) is 1. The van der Waals surface area contributed by atoms with E-state index < -0.39 is 0 Å². The largest absolute Gasteiger partial charge is 0.495 e. The molecule has 158 valence electrons. The first-order chi connectivity index (χ1) is 14.1. The highest BCUT2D eigenvalue weighted by molar-refractivity contribution is 7.09. The van der Waals surface area contributed by atoms with Crippen molar-refractivity contribution in [2.24, 2.45) is 0 Å². The highest BCUT2D eigenvalue weighted by Gasteiger charge is 2.29. The molecule has 0 aliphatic carbocycles. The van der Waals surface area contributed by atoms with Gasteiger partial charge < -0.3 is 9.64 Å². The molecule has 5 nitrogen and oxygen atoms in total. The lowest BCUT2D eigenvalue weighted by Crippen LogP contribution is -2.55. The zero-order valence-electron chi connectivity index (χ0n) is 18.0. The van der Waals surface area contributed by atoms with E-state index in [4.69, 9.17) is 9.72 Å². The van der Waals surface area contributed by atoms with Crippen LogP contribution in [0.25, 0.3) is 0 Å². The molecule has 0 spiro atoms. The minimum absolute atomic E-state index is 0.522. The Kier molecular flexibility index (Phi) is 6.73. The van der Waals surface area contributed by atoms with Crippen LogP contribution in [0.3, 0.4) is 0 Å². The van der Waals surface area contributed by atoms with E-state index in [0.717, 1.165) is 38.5 Å². The molecule has 0 amide bonds. The van der Waals surface area contributed by atoms with Crippen LogP contribution < -0.4 is 9.64 Å². The van der Waals surface area contributed by atoms with E-state index in [2.05, 4.69) is 52.1 Å². The SMILES string of the molecule is COc1ccccc1N1CCN([C@H]2CCCN(Cc3nc(C(C)C)cs3)C2)CC1. The Morgan fingerprint density at radius 1 is 1.14 bits per heavy atom. The first-order valence-corrected chi connectivity index (χ1v) is 11.8. The summed E-state index contributed by atoms with van der Waals surface area (Å²) in [5.41, 5.74) is 2.47. The van der Waals surface area contributed by atoms with Crippen LogP contribution in [-0.4, -0.2) is 67.2 Å². The van der Waals surface area contributed by atoms with Gasteiger partial charge in [0.2, 0.25) is 0 Å². The molecule has 2 fully saturated rings. The number of piperazine rings is 1. The summed E-state index contributed by atoms with van der Waals surface area (Å²) in [5.74, 6) is 1.50. The molecule has 2 aromatic rings. The molecule has 3 heterocycles. The third-order valence-electron chi connectivity index (χ3n) is 6.26. The predicted octanol–water partition coefficient (Wildman–Crippen LogP) is 4.06. The van der Waals surface area contributed by atoms with Gasteiger partial charge in [-0.1, -0.05) is 26.0 Å². The number of anilines is 1. The number of benzene rings is 1. The molecule has 0 saturated carbocycles. The molecular formula is C23H34N4OS. The highest BCUT2D eigenvalue weighted by atomic mass is 32.1. The van der Waals surface area contributed by atoms with Gasteiger partial charge in [0.25, 0.3) is 0 Å². The number of hydrogen-bond acceptors (Lipinski definition) is 6. The zero-order valence-corrected chi connectivity index (χ0v) is 18.8. The Hall–Kier alpha value is -1.63. The summed E-state index contributed by atoms with van der Waals surface area (Å²) in [6.07, 6.45) is 2.61. The van der Waals surface area contributed by atoms with Gasteiger partial charge in [-0.05, 0) is 37.4 Å². The number of methoxy groups -OCH3 is 1. The third kappa shape index (κ3) is 4.93. The van der Waals surface area contributed by atoms with Gasteiger partial charge in [0.05, 0.1) is 25.0 Å². The molecule has 29 heavy (non-hydrogen) atoms. The van der Waals surface area contributed by atoms with E-state index in [9.17, 15) is 0 Å². The van der Waals surface area contributed by atoms with Crippen LogP contribution in [0, 0.1) is 0 Å². The summed E-state index contributed by atoms with van der Waals surface area (Å²) in [6.45, 7) is 12.2. The van der Waals surface area contributed by atoms with Crippen LogP contribution in [0.5, 0.6) is 5.75 Å². The van der Waals surface area contributed by atoms with Gasteiger partial charge in [-0.2, -0.15) is 0 Å². The lowest BCUT2D eigenvalue weighted by Gasteiger charge is -2.44. The van der Waals surface area contributed by atoms with Crippen molar-refractivity contribution >= 4 is 17.0 Å². The Morgan fingerprint density at radius 3 is 2.66 bits per heavy atom. The van der Waals surface area contributed by atoms with Crippen molar-refractivity contribution < 1.29 is 4.74 Å². The van der Waals surface area contributed by atoms with Gasteiger partial charge in [0, 0.05) is 44.1 Å². The standard InChI is InChI=1S/C23H34N4OS/c1-18(2)20-17-29-23(24-20)16-25-10-6-7-19(15-25)26-11-13-27(14-12-26)21-8-4-5-9-22(21)28-3/h4-5,8-9,17-19H,6-7,10-16H2,1-3H3/t19-/m0/s1. The van der Waals surface area contributed by atoms with Crippen LogP contribution in [-0.2, 0) is 6.54 Å². The second kappa shape index (κ2) is 9.45. The second-order valence-electron chi connectivity index (χ2n) is 8.55. The van der Waals surface area contributed by atoms with E-state index >= 15 is 0 Å². The number of hydrogen-bond donors (Lipinski definition) is 0. The van der Waals surface area contributed by atoms with E-state index in [0.29, 0.717) is 12.0 Å². The maximum Gasteiger partial charge on any atom is 0.142 e. The maximum absolute atomic E-state index is 5.56. The van der Waals surface area contributed by atoms with Crippen molar-refractivity contribution in [2.45, 2.75) is 45.2 Å². The molecule has 0 radical (unpaired) electrons. The number of para-hydroxylation sites is 2. The summed E-state index contributed by atoms with van der Waals surface area (Å²) in [5, 5.41) is 3.51. The molecule has 6 heteroatoms. The second-order valence-corrected chi connectivity index (χ2v) is 9.49. The Labute approximate surface area is 179 Å². The molecule has 1 aromatic carbocycles. The third-order valence-corrected chi connectivity index (χ3v) is 7.11. The van der Waals surface area contributed by atoms with Gasteiger partial charge in [0.15, 0.2) is 0 Å². The molecule has 0 bridgehead atoms. The van der Waals surface area contributed by atoms with Crippen LogP contribution in [0.15, 0.2) is 29.6 Å². The quantitative estimate of drug-likeness (QED) is 0.712. The van der Waals surface area contributed by atoms with E-state index in [-0.39, 0.29) is 0 Å². The lowest BCUT2D eigenvalue weighted by molar-refractivity contribution is 0.0886. The molecule has 2 aliphatic heterocycles. The maximum atomic E-state index is 5.56. The predicted molar refractivity (Wildman–Crippen MR) is 121 cm³/mol. The minimum Gasteiger partial charge on any atom is -0.495 e. The molecule has 0 N–H and O–H groups in total. The van der Waals surface area contributed by atoms with Gasteiger partial charge in [-0.25, -0.2) is 4.98 Å². The first kappa shape index (κ1) is 20.6. The van der Waals surface area contributed by atoms with Crippen LogP contribution >= 0.6 is 11.3 Å². The van der Waals surface area contributed by atoms with E-state index in [1.807, 2.05) is 17.4 Å². The van der Waals surface area contributed by atoms with Crippen LogP contribution in [0.4, 0.5) is 5.69 Å². The zero-order chi connectivity index (χ0) is 20.2. The topological polar surface area (TPSA) is 31.8 Å². The summed E-state index contributed by atoms with van der Waals surface area (Å²) >= 11 is 1.82. The minimum atomic E-state index is 0.522. The Balaban J connectivity index is 1.31. The summed E-state index contributed by atoms with van der Waals surface area (Å²) in [4.78, 5) is 12.6. The van der Waals surface area contributed by atoms with Crippen molar-refractivity contribution in [1.29, 1.82) is 0 Å². The molecule has 2 saturated heterocycles. The van der Waals surface area contributed by atoms with Crippen molar-refractivity contribution in [3.63, 3.8) is 0 Å². The van der Waals surface area contributed by atoms with E-state index in [1.54, 1.807) is 7.11 Å². The number of ether oxygens (including phenoxy) is 1. The van der Waals surface area contributed by atoms with Crippen molar-refractivity contribution in [2.75, 3.05) is 51.3 Å². The van der Waals surface area contributed by atoms with Gasteiger partial charge in [0.1, 0.15) is 10.8 Å². The summed E-state index contributed by atoms with van der Waals surface area (Å²) < 4.78 is 5.56. The molecular weight excluding hydrogens is 380 g/mol. The summed E-state index contributed by atoms with van der Waals surface area (Å²) in [7, 11) is 1.76. The first-order valence-electron chi connectivity index (χ1n) is 10.9. The van der Waals surface area contributed by atoms with Crippen molar-refractivity contribution in [1.82, 2.24) is 14.8 Å². The number of piperidine rings is 1. The number of rotatable bonds is 6. The Morgan fingerprint density at radius 2 is 1.93 bits per heavy atom. The number of aromatic nitrogens is 1. The number of nitrogens with zero attached hydrogens (tertiary/aromatic N) is 4. The molecule has 4 rings (SSSR count). The van der Waals surface area contributed by atoms with Crippen molar-refractivity contribution in [3.05, 3.63) is 40.3 Å². The number of thiazole rings is 1. The normalized spacial score (nSPS) is 21.7. The molecule has 1 atom stereocenters. The Bertz CT molecular complexity index is 785. The van der Waals surface area contributed by atoms with E-state index in [1.165, 1.54) is 42.3 Å². The fourth-order valence-corrected chi connectivity index (χ4v) is 5.54. The molecule has 1 aromatic heterocycles.